The Balaban J connectivity index is 2.01. The van der Waals surface area contributed by atoms with Crippen LogP contribution in [0, 0.1) is 17.3 Å². The topological polar surface area (TPSA) is 122 Å². The molecular formula is C27H43N3O4. The number of aliphatic hydroxyl groups is 1. The number of benzene rings is 1. The molecule has 1 aliphatic heterocycles. The van der Waals surface area contributed by atoms with Crippen molar-refractivity contribution in [3.63, 3.8) is 0 Å². The summed E-state index contributed by atoms with van der Waals surface area (Å²) in [4.78, 5) is 38.0. The van der Waals surface area contributed by atoms with Gasteiger partial charge in [0.25, 0.3) is 0 Å². The van der Waals surface area contributed by atoms with E-state index in [1.807, 2.05) is 38.1 Å². The second kappa shape index (κ2) is 12.5. The molecule has 1 aromatic rings. The summed E-state index contributed by atoms with van der Waals surface area (Å²) in [5.41, 5.74) is 7.62. The van der Waals surface area contributed by atoms with Crippen molar-refractivity contribution in [2.75, 3.05) is 18.4 Å². The van der Waals surface area contributed by atoms with Gasteiger partial charge in [0, 0.05) is 43.1 Å². The number of rotatable bonds is 13. The zero-order valence-corrected chi connectivity index (χ0v) is 21.4. The summed E-state index contributed by atoms with van der Waals surface area (Å²) in [5.74, 6) is -1.29. The van der Waals surface area contributed by atoms with Crippen molar-refractivity contribution >= 4 is 23.2 Å². The van der Waals surface area contributed by atoms with E-state index in [2.05, 4.69) is 17.6 Å². The molecule has 5 atom stereocenters. The minimum atomic E-state index is -0.842. The standard InChI is InChI=1S/C27H43N3O4/c1-6-7-12-29-26(34)17(2)13-23(32)21(28)14-27(4,5)15-24(33)25-19-10-8-9-11-22(19)30-16-20(25)18(3)31/h8-11,17,20-21,23,25,30,32H,6-7,12-16,28H2,1-5H3,(H,29,34)/t17-,20-,21+,23+,25-/m1/s1. The monoisotopic (exact) mass is 473 g/mol. The number of nitrogens with one attached hydrogen (secondary N) is 2. The van der Waals surface area contributed by atoms with Gasteiger partial charge in [0.05, 0.1) is 12.0 Å². The molecule has 0 saturated heterocycles. The number of aliphatic hydroxyl groups excluding tert-OH is 1. The van der Waals surface area contributed by atoms with Gasteiger partial charge in [-0.1, -0.05) is 52.3 Å². The summed E-state index contributed by atoms with van der Waals surface area (Å²) in [7, 11) is 0. The molecule has 1 heterocycles. The van der Waals surface area contributed by atoms with Crippen LogP contribution in [0.1, 0.15) is 78.2 Å². The molecule has 0 unspecified atom stereocenters. The first kappa shape index (κ1) is 28.0. The van der Waals surface area contributed by atoms with Crippen LogP contribution in [0.3, 0.4) is 0 Å². The number of carbonyl (C=O) groups excluding carboxylic acids is 3. The molecule has 0 radical (unpaired) electrons. The third-order valence-electron chi connectivity index (χ3n) is 6.89. The van der Waals surface area contributed by atoms with E-state index in [0.717, 1.165) is 24.1 Å². The number of nitrogens with two attached hydrogens (primary N) is 1. The fourth-order valence-electron chi connectivity index (χ4n) is 4.89. The lowest BCUT2D eigenvalue weighted by Gasteiger charge is -2.35. The first-order valence-corrected chi connectivity index (χ1v) is 12.5. The first-order chi connectivity index (χ1) is 16.0. The van der Waals surface area contributed by atoms with Crippen molar-refractivity contribution in [2.24, 2.45) is 23.0 Å². The van der Waals surface area contributed by atoms with Gasteiger partial charge in [0.1, 0.15) is 11.6 Å². The van der Waals surface area contributed by atoms with E-state index >= 15 is 0 Å². The number of anilines is 1. The Kier molecular flexibility index (Phi) is 10.3. The molecule has 34 heavy (non-hydrogen) atoms. The fourth-order valence-corrected chi connectivity index (χ4v) is 4.89. The van der Waals surface area contributed by atoms with Crippen LogP contribution in [0.4, 0.5) is 5.69 Å². The SMILES string of the molecule is CCCCNC(=O)[C@H](C)C[C@H](O)[C@@H](N)CC(C)(C)CC(=O)[C@@H]1c2ccccc2NC[C@@H]1C(C)=O. The molecule has 1 aliphatic rings. The predicted octanol–water partition coefficient (Wildman–Crippen LogP) is 3.41. The van der Waals surface area contributed by atoms with Gasteiger partial charge in [-0.15, -0.1) is 0 Å². The summed E-state index contributed by atoms with van der Waals surface area (Å²) in [6.45, 7) is 10.4. The van der Waals surface area contributed by atoms with E-state index in [9.17, 15) is 19.5 Å². The van der Waals surface area contributed by atoms with Gasteiger partial charge < -0.3 is 21.5 Å². The van der Waals surface area contributed by atoms with Crippen molar-refractivity contribution in [3.05, 3.63) is 29.8 Å². The Hall–Kier alpha value is -2.25. The Bertz CT molecular complexity index is 854. The van der Waals surface area contributed by atoms with Crippen molar-refractivity contribution in [1.29, 1.82) is 0 Å². The highest BCUT2D eigenvalue weighted by Crippen LogP contribution is 2.40. The molecule has 1 amide bonds. The van der Waals surface area contributed by atoms with E-state index in [-0.39, 0.29) is 36.2 Å². The van der Waals surface area contributed by atoms with Gasteiger partial charge in [0.15, 0.2) is 0 Å². The number of unbranched alkanes of at least 4 members (excludes halogenated alkanes) is 1. The summed E-state index contributed by atoms with van der Waals surface area (Å²) in [6.07, 6.45) is 2.05. The number of carbonyl (C=O) groups is 3. The average Bonchev–Trinajstić information content (AvgIpc) is 2.77. The average molecular weight is 474 g/mol. The Morgan fingerprint density at radius 2 is 1.94 bits per heavy atom. The van der Waals surface area contributed by atoms with Crippen LogP contribution in [-0.4, -0.2) is 47.8 Å². The smallest absolute Gasteiger partial charge is 0.222 e. The largest absolute Gasteiger partial charge is 0.391 e. The minimum Gasteiger partial charge on any atom is -0.391 e. The Labute approximate surface area is 204 Å². The molecule has 0 spiro atoms. The highest BCUT2D eigenvalue weighted by molar-refractivity contribution is 5.95. The maximum atomic E-state index is 13.5. The third kappa shape index (κ3) is 7.64. The molecule has 0 fully saturated rings. The predicted molar refractivity (Wildman–Crippen MR) is 136 cm³/mol. The van der Waals surface area contributed by atoms with Crippen molar-refractivity contribution in [1.82, 2.24) is 5.32 Å². The molecule has 0 aliphatic carbocycles. The molecule has 0 bridgehead atoms. The van der Waals surface area contributed by atoms with Gasteiger partial charge in [0.2, 0.25) is 5.91 Å². The molecule has 1 aromatic carbocycles. The minimum absolute atomic E-state index is 0.00326. The number of hydrogen-bond donors (Lipinski definition) is 4. The molecule has 7 nitrogen and oxygen atoms in total. The maximum absolute atomic E-state index is 13.5. The molecule has 0 saturated carbocycles. The number of fused-ring (bicyclic) bond motifs is 1. The van der Waals surface area contributed by atoms with Crippen LogP contribution in [0.15, 0.2) is 24.3 Å². The van der Waals surface area contributed by atoms with E-state index in [1.165, 1.54) is 6.92 Å². The van der Waals surface area contributed by atoms with Gasteiger partial charge in [-0.2, -0.15) is 0 Å². The molecule has 7 heteroatoms. The van der Waals surface area contributed by atoms with Crippen LogP contribution in [0.5, 0.6) is 0 Å². The van der Waals surface area contributed by atoms with Gasteiger partial charge >= 0.3 is 0 Å². The lowest BCUT2D eigenvalue weighted by Crippen LogP contribution is -2.43. The lowest BCUT2D eigenvalue weighted by molar-refractivity contribution is -0.129. The fraction of sp³-hybridized carbons (Fsp3) is 0.667. The summed E-state index contributed by atoms with van der Waals surface area (Å²) < 4.78 is 0. The van der Waals surface area contributed by atoms with Crippen LogP contribution in [-0.2, 0) is 14.4 Å². The van der Waals surface area contributed by atoms with Crippen LogP contribution in [0.25, 0.3) is 0 Å². The number of hydrogen-bond acceptors (Lipinski definition) is 6. The van der Waals surface area contributed by atoms with E-state index in [1.54, 1.807) is 6.92 Å². The summed E-state index contributed by atoms with van der Waals surface area (Å²) in [6, 6.07) is 7.09. The second-order valence-corrected chi connectivity index (χ2v) is 10.7. The highest BCUT2D eigenvalue weighted by atomic mass is 16.3. The molecule has 2 rings (SSSR count). The summed E-state index contributed by atoms with van der Waals surface area (Å²) in [5, 5.41) is 16.8. The summed E-state index contributed by atoms with van der Waals surface area (Å²) >= 11 is 0. The van der Waals surface area contributed by atoms with E-state index < -0.39 is 29.4 Å². The van der Waals surface area contributed by atoms with Gasteiger partial charge in [-0.25, -0.2) is 0 Å². The van der Waals surface area contributed by atoms with Crippen LogP contribution < -0.4 is 16.4 Å². The van der Waals surface area contributed by atoms with Crippen LogP contribution in [0.2, 0.25) is 0 Å². The van der Waals surface area contributed by atoms with Crippen molar-refractivity contribution in [2.45, 2.75) is 84.8 Å². The molecule has 5 N–H and O–H groups in total. The lowest BCUT2D eigenvalue weighted by atomic mass is 9.71. The van der Waals surface area contributed by atoms with E-state index in [0.29, 0.717) is 19.5 Å². The van der Waals surface area contributed by atoms with Gasteiger partial charge in [-0.3, -0.25) is 14.4 Å². The van der Waals surface area contributed by atoms with E-state index in [4.69, 9.17) is 5.73 Å². The van der Waals surface area contributed by atoms with Gasteiger partial charge in [-0.05, 0) is 43.2 Å². The van der Waals surface area contributed by atoms with Crippen LogP contribution >= 0.6 is 0 Å². The number of amides is 1. The molecular weight excluding hydrogens is 430 g/mol. The molecule has 0 aromatic heterocycles. The zero-order valence-electron chi connectivity index (χ0n) is 21.4. The highest BCUT2D eigenvalue weighted by Gasteiger charge is 2.39. The maximum Gasteiger partial charge on any atom is 0.222 e. The Morgan fingerprint density at radius 3 is 2.59 bits per heavy atom. The Morgan fingerprint density at radius 1 is 1.26 bits per heavy atom. The quantitative estimate of drug-likeness (QED) is 0.326. The first-order valence-electron chi connectivity index (χ1n) is 12.5. The number of para-hydroxylation sites is 1. The van der Waals surface area contributed by atoms with Crippen molar-refractivity contribution in [3.8, 4) is 0 Å². The number of Topliss-reactive ketones (excluding diaryl/α,β-unsaturated/α-hetero) is 2. The number of ketones is 2. The second-order valence-electron chi connectivity index (χ2n) is 10.7. The third-order valence-corrected chi connectivity index (χ3v) is 6.89. The van der Waals surface area contributed by atoms with Crippen molar-refractivity contribution < 1.29 is 19.5 Å². The molecule has 190 valence electrons. The zero-order chi connectivity index (χ0) is 25.5. The normalized spacial score (nSPS) is 20.4.